The predicted octanol–water partition coefficient (Wildman–Crippen LogP) is 3.70. The van der Waals surface area contributed by atoms with Crippen LogP contribution in [0.4, 0.5) is 0 Å². The van der Waals surface area contributed by atoms with Gasteiger partial charge in [-0.05, 0) is 44.9 Å². The fourth-order valence-corrected chi connectivity index (χ4v) is 5.65. The number of thiophene rings is 1. The Morgan fingerprint density at radius 2 is 2.03 bits per heavy atom. The summed E-state index contributed by atoms with van der Waals surface area (Å²) in [7, 11) is 0. The lowest BCUT2D eigenvalue weighted by Gasteiger charge is -2.30. The van der Waals surface area contributed by atoms with Crippen molar-refractivity contribution >= 4 is 39.3 Å². The molecule has 1 aliphatic rings. The van der Waals surface area contributed by atoms with Gasteiger partial charge in [0.05, 0.1) is 16.8 Å². The molecule has 152 valence electrons. The van der Waals surface area contributed by atoms with Gasteiger partial charge in [-0.15, -0.1) is 11.3 Å². The van der Waals surface area contributed by atoms with Crippen LogP contribution >= 0.6 is 23.1 Å². The van der Waals surface area contributed by atoms with Crippen molar-refractivity contribution in [3.63, 3.8) is 0 Å². The second-order valence-electron chi connectivity index (χ2n) is 7.55. The Morgan fingerprint density at radius 1 is 1.31 bits per heavy atom. The zero-order valence-electron chi connectivity index (χ0n) is 16.6. The molecule has 2 aromatic heterocycles. The Bertz CT molecular complexity index is 1130. The monoisotopic (exact) mass is 429 g/mol. The molecular weight excluding hydrogens is 406 g/mol. The highest BCUT2D eigenvalue weighted by Crippen LogP contribution is 2.34. The summed E-state index contributed by atoms with van der Waals surface area (Å²) in [4.78, 5) is 33.8. The average molecular weight is 430 g/mol. The van der Waals surface area contributed by atoms with Gasteiger partial charge in [0.1, 0.15) is 4.83 Å². The van der Waals surface area contributed by atoms with Gasteiger partial charge in [-0.3, -0.25) is 19.1 Å². The van der Waals surface area contributed by atoms with Crippen molar-refractivity contribution in [1.29, 1.82) is 0 Å². The molecule has 29 heavy (non-hydrogen) atoms. The van der Waals surface area contributed by atoms with Crippen molar-refractivity contribution in [2.45, 2.75) is 44.9 Å². The first-order valence-corrected chi connectivity index (χ1v) is 11.4. The number of hydrogen-bond donors (Lipinski definition) is 1. The maximum absolute atomic E-state index is 13.6. The van der Waals surface area contributed by atoms with Crippen molar-refractivity contribution in [3.8, 4) is 5.69 Å². The number of aliphatic carboxylic acids is 1. The summed E-state index contributed by atoms with van der Waals surface area (Å²) in [5.74, 6) is -1.08. The molecule has 0 radical (unpaired) electrons. The molecule has 1 aromatic carbocycles. The van der Waals surface area contributed by atoms with E-state index in [2.05, 4.69) is 18.7 Å². The van der Waals surface area contributed by atoms with Crippen LogP contribution < -0.4 is 5.56 Å². The fraction of sp³-hybridized carbons (Fsp3) is 0.381. The predicted molar refractivity (Wildman–Crippen MR) is 118 cm³/mol. The summed E-state index contributed by atoms with van der Waals surface area (Å²) in [6.45, 7) is 8.11. The topological polar surface area (TPSA) is 75.4 Å². The average Bonchev–Trinajstić information content (AvgIpc) is 3.05. The van der Waals surface area contributed by atoms with Crippen molar-refractivity contribution in [3.05, 3.63) is 50.6 Å². The number of fused-ring (bicyclic) bond motifs is 3. The number of hydrogen-bond acceptors (Lipinski definition) is 6. The number of aryl methyl sites for hydroxylation is 1. The number of thioether (sulfide) groups is 1. The molecule has 3 aromatic rings. The molecule has 0 atom stereocenters. The highest BCUT2D eigenvalue weighted by atomic mass is 32.2. The standard InChI is InChI=1S/C21H23N3O3S2/c1-12(2)23-9-8-15-16(10-23)29-19-18(15)20(27)24(14-6-4-13(3)5-7-14)21(22-19)28-11-17(25)26/h4-7,12H,8-11H2,1-3H3,(H,25,26). The van der Waals surface area contributed by atoms with Gasteiger partial charge in [0.25, 0.3) is 5.56 Å². The lowest BCUT2D eigenvalue weighted by molar-refractivity contribution is -0.133. The zero-order valence-corrected chi connectivity index (χ0v) is 18.3. The van der Waals surface area contributed by atoms with Crippen LogP contribution in [0.1, 0.15) is 29.9 Å². The molecule has 0 saturated heterocycles. The molecule has 4 rings (SSSR count). The molecule has 0 spiro atoms. The second-order valence-corrected chi connectivity index (χ2v) is 9.58. The molecule has 0 bridgehead atoms. The first-order chi connectivity index (χ1) is 13.8. The van der Waals surface area contributed by atoms with Gasteiger partial charge in [0, 0.05) is 24.0 Å². The fourth-order valence-electron chi connectivity index (χ4n) is 3.63. The van der Waals surface area contributed by atoms with E-state index in [1.807, 2.05) is 31.2 Å². The van der Waals surface area contributed by atoms with Gasteiger partial charge < -0.3 is 5.11 Å². The molecule has 8 heteroatoms. The molecular formula is C21H23N3O3S2. The minimum absolute atomic E-state index is 0.109. The third kappa shape index (κ3) is 3.84. The zero-order chi connectivity index (χ0) is 20.7. The Balaban J connectivity index is 1.91. The van der Waals surface area contributed by atoms with E-state index < -0.39 is 5.97 Å². The molecule has 0 saturated carbocycles. The van der Waals surface area contributed by atoms with Crippen LogP contribution in [0, 0.1) is 6.92 Å². The minimum atomic E-state index is -0.933. The van der Waals surface area contributed by atoms with E-state index >= 15 is 0 Å². The number of aromatic nitrogens is 2. The maximum atomic E-state index is 13.6. The molecule has 0 amide bonds. The molecule has 3 heterocycles. The van der Waals surface area contributed by atoms with Gasteiger partial charge in [0.2, 0.25) is 0 Å². The first kappa shape index (κ1) is 20.1. The lowest BCUT2D eigenvalue weighted by atomic mass is 10.0. The van der Waals surface area contributed by atoms with E-state index in [4.69, 9.17) is 10.1 Å². The van der Waals surface area contributed by atoms with E-state index in [1.54, 1.807) is 15.9 Å². The lowest BCUT2D eigenvalue weighted by Crippen LogP contribution is -2.35. The molecule has 0 fully saturated rings. The van der Waals surface area contributed by atoms with Gasteiger partial charge in [0.15, 0.2) is 5.16 Å². The van der Waals surface area contributed by atoms with Crippen LogP contribution in [0.2, 0.25) is 0 Å². The highest BCUT2D eigenvalue weighted by Gasteiger charge is 2.26. The maximum Gasteiger partial charge on any atom is 0.313 e. The molecule has 1 N–H and O–H groups in total. The molecule has 1 aliphatic heterocycles. The molecule has 0 unspecified atom stereocenters. The van der Waals surface area contributed by atoms with Crippen molar-refractivity contribution < 1.29 is 9.90 Å². The van der Waals surface area contributed by atoms with Crippen LogP contribution in [0.5, 0.6) is 0 Å². The van der Waals surface area contributed by atoms with Crippen LogP contribution in [0.3, 0.4) is 0 Å². The van der Waals surface area contributed by atoms with Gasteiger partial charge in [-0.1, -0.05) is 29.5 Å². The molecule has 6 nitrogen and oxygen atoms in total. The van der Waals surface area contributed by atoms with Gasteiger partial charge in [-0.2, -0.15) is 0 Å². The number of nitrogens with zero attached hydrogens (tertiary/aromatic N) is 3. The second kappa shape index (κ2) is 7.93. The number of carboxylic acid groups (broad SMARTS) is 1. The smallest absolute Gasteiger partial charge is 0.313 e. The van der Waals surface area contributed by atoms with Crippen molar-refractivity contribution in [2.24, 2.45) is 0 Å². The molecule has 0 aliphatic carbocycles. The normalized spacial score (nSPS) is 14.5. The Hall–Kier alpha value is -2.16. The number of rotatable bonds is 5. The van der Waals surface area contributed by atoms with Crippen LogP contribution in [-0.4, -0.2) is 43.9 Å². The summed E-state index contributed by atoms with van der Waals surface area (Å²) in [5.41, 5.74) is 2.80. The Morgan fingerprint density at radius 3 is 2.69 bits per heavy atom. The van der Waals surface area contributed by atoms with E-state index in [9.17, 15) is 9.59 Å². The highest BCUT2D eigenvalue weighted by molar-refractivity contribution is 7.99. The van der Waals surface area contributed by atoms with Crippen LogP contribution in [0.15, 0.2) is 34.2 Å². The SMILES string of the molecule is Cc1ccc(-n2c(SCC(=O)O)nc3sc4c(c3c2=O)CCN(C(C)C)C4)cc1. The number of carboxylic acids is 1. The Labute approximate surface area is 177 Å². The number of benzene rings is 1. The van der Waals surface area contributed by atoms with E-state index in [1.165, 1.54) is 4.88 Å². The van der Waals surface area contributed by atoms with Gasteiger partial charge in [-0.25, -0.2) is 4.98 Å². The quantitative estimate of drug-likeness (QED) is 0.492. The summed E-state index contributed by atoms with van der Waals surface area (Å²) in [5, 5.41) is 10.2. The van der Waals surface area contributed by atoms with Crippen LogP contribution in [0.25, 0.3) is 15.9 Å². The minimum Gasteiger partial charge on any atom is -0.481 e. The first-order valence-electron chi connectivity index (χ1n) is 9.58. The third-order valence-corrected chi connectivity index (χ3v) is 7.25. The van der Waals surface area contributed by atoms with Gasteiger partial charge >= 0.3 is 5.97 Å². The Kier molecular flexibility index (Phi) is 5.50. The summed E-state index contributed by atoms with van der Waals surface area (Å²) >= 11 is 2.65. The summed E-state index contributed by atoms with van der Waals surface area (Å²) in [6, 6.07) is 8.11. The van der Waals surface area contributed by atoms with E-state index in [0.29, 0.717) is 27.1 Å². The third-order valence-electron chi connectivity index (χ3n) is 5.22. The summed E-state index contributed by atoms with van der Waals surface area (Å²) < 4.78 is 1.57. The largest absolute Gasteiger partial charge is 0.481 e. The van der Waals surface area contributed by atoms with E-state index in [0.717, 1.165) is 42.4 Å². The van der Waals surface area contributed by atoms with Crippen LogP contribution in [-0.2, 0) is 17.8 Å². The summed E-state index contributed by atoms with van der Waals surface area (Å²) in [6.07, 6.45) is 0.833. The number of carbonyl (C=O) groups is 1. The van der Waals surface area contributed by atoms with E-state index in [-0.39, 0.29) is 11.3 Å². The van der Waals surface area contributed by atoms with Crippen molar-refractivity contribution in [2.75, 3.05) is 12.3 Å². The van der Waals surface area contributed by atoms with Crippen molar-refractivity contribution in [1.82, 2.24) is 14.5 Å².